The van der Waals surface area contributed by atoms with Crippen molar-refractivity contribution in [3.05, 3.63) is 35.4 Å². The minimum Gasteiger partial charge on any atom is -0.504 e. The molecule has 0 fully saturated rings. The molecule has 0 aliphatic heterocycles. The number of aromatic hydroxyl groups is 2. The smallest absolute Gasteiger partial charge is 0.169 e. The van der Waals surface area contributed by atoms with Gasteiger partial charge in [0.15, 0.2) is 17.3 Å². The molecule has 0 radical (unpaired) electrons. The SMILES string of the molecule is Cc1ccc2c(O)c(O)c(C(=O)C(C)C)cc2c1. The first-order chi connectivity index (χ1) is 8.41. The number of hydrogen-bond donors (Lipinski definition) is 2. The van der Waals surface area contributed by atoms with Crippen molar-refractivity contribution in [3.63, 3.8) is 0 Å². The Kier molecular flexibility index (Phi) is 2.99. The molecule has 3 heteroatoms. The highest BCUT2D eigenvalue weighted by Gasteiger charge is 2.19. The van der Waals surface area contributed by atoms with Crippen molar-refractivity contribution in [1.82, 2.24) is 0 Å². The third kappa shape index (κ3) is 1.92. The summed E-state index contributed by atoms with van der Waals surface area (Å²) in [6.07, 6.45) is 0. The van der Waals surface area contributed by atoms with E-state index in [1.54, 1.807) is 26.0 Å². The summed E-state index contributed by atoms with van der Waals surface area (Å²) in [6, 6.07) is 7.11. The molecule has 0 unspecified atom stereocenters. The van der Waals surface area contributed by atoms with E-state index < -0.39 is 0 Å². The van der Waals surface area contributed by atoms with Gasteiger partial charge in [0.25, 0.3) is 0 Å². The minimum absolute atomic E-state index is 0.175. The Morgan fingerprint density at radius 2 is 1.78 bits per heavy atom. The zero-order chi connectivity index (χ0) is 13.4. The predicted octanol–water partition coefficient (Wildman–Crippen LogP) is 3.40. The number of aryl methyl sites for hydroxylation is 1. The molecular weight excluding hydrogens is 228 g/mol. The number of carbonyl (C=O) groups excluding carboxylic acids is 1. The van der Waals surface area contributed by atoms with Crippen molar-refractivity contribution in [2.75, 3.05) is 0 Å². The number of carbonyl (C=O) groups is 1. The fourth-order valence-corrected chi connectivity index (χ4v) is 2.00. The molecular formula is C15H16O3. The molecule has 0 heterocycles. The van der Waals surface area contributed by atoms with Gasteiger partial charge in [0.1, 0.15) is 0 Å². The number of phenolic OH excluding ortho intramolecular Hbond substituents is 2. The second-order valence-corrected chi connectivity index (χ2v) is 4.86. The lowest BCUT2D eigenvalue weighted by Gasteiger charge is -2.11. The van der Waals surface area contributed by atoms with Crippen molar-refractivity contribution < 1.29 is 15.0 Å². The van der Waals surface area contributed by atoms with Crippen LogP contribution in [-0.4, -0.2) is 16.0 Å². The number of Topliss-reactive ketones (excluding diaryl/α,β-unsaturated/α-hetero) is 1. The summed E-state index contributed by atoms with van der Waals surface area (Å²) in [5, 5.41) is 21.2. The first kappa shape index (κ1) is 12.4. The van der Waals surface area contributed by atoms with Crippen molar-refractivity contribution >= 4 is 16.6 Å². The summed E-state index contributed by atoms with van der Waals surface area (Å²) >= 11 is 0. The first-order valence-electron chi connectivity index (χ1n) is 5.91. The molecule has 3 nitrogen and oxygen atoms in total. The molecule has 0 spiro atoms. The van der Waals surface area contributed by atoms with Crippen LogP contribution < -0.4 is 0 Å². The Morgan fingerprint density at radius 1 is 1.11 bits per heavy atom. The fraction of sp³-hybridized carbons (Fsp3) is 0.267. The summed E-state index contributed by atoms with van der Waals surface area (Å²) in [4.78, 5) is 12.0. The molecule has 2 aromatic carbocycles. The number of rotatable bonds is 2. The summed E-state index contributed by atoms with van der Waals surface area (Å²) in [5.41, 5.74) is 1.22. The third-order valence-corrected chi connectivity index (χ3v) is 3.03. The van der Waals surface area contributed by atoms with Crippen molar-refractivity contribution in [3.8, 4) is 11.5 Å². The third-order valence-electron chi connectivity index (χ3n) is 3.03. The second kappa shape index (κ2) is 4.33. The Morgan fingerprint density at radius 3 is 2.39 bits per heavy atom. The van der Waals surface area contributed by atoms with Gasteiger partial charge in [-0.1, -0.05) is 37.6 Å². The maximum Gasteiger partial charge on any atom is 0.169 e. The van der Waals surface area contributed by atoms with Crippen LogP contribution in [0.1, 0.15) is 29.8 Å². The maximum atomic E-state index is 12.0. The van der Waals surface area contributed by atoms with Gasteiger partial charge in [-0.05, 0) is 18.4 Å². The van der Waals surface area contributed by atoms with Crippen molar-refractivity contribution in [2.45, 2.75) is 20.8 Å². The van der Waals surface area contributed by atoms with E-state index in [0.717, 1.165) is 10.9 Å². The van der Waals surface area contributed by atoms with E-state index in [0.29, 0.717) is 5.39 Å². The van der Waals surface area contributed by atoms with E-state index >= 15 is 0 Å². The molecule has 2 rings (SSSR count). The lowest BCUT2D eigenvalue weighted by atomic mass is 9.96. The van der Waals surface area contributed by atoms with E-state index in [1.807, 2.05) is 19.1 Å². The predicted molar refractivity (Wildman–Crippen MR) is 71.2 cm³/mol. The van der Waals surface area contributed by atoms with Gasteiger partial charge in [-0.25, -0.2) is 0 Å². The second-order valence-electron chi connectivity index (χ2n) is 4.86. The van der Waals surface area contributed by atoms with Gasteiger partial charge in [0, 0.05) is 11.3 Å². The zero-order valence-electron chi connectivity index (χ0n) is 10.7. The van der Waals surface area contributed by atoms with Crippen LogP contribution in [0.4, 0.5) is 0 Å². The van der Waals surface area contributed by atoms with Gasteiger partial charge in [0.05, 0.1) is 5.56 Å². The lowest BCUT2D eigenvalue weighted by molar-refractivity contribution is 0.0936. The van der Waals surface area contributed by atoms with Gasteiger partial charge in [-0.15, -0.1) is 0 Å². The van der Waals surface area contributed by atoms with Crippen LogP contribution in [-0.2, 0) is 0 Å². The summed E-state index contributed by atoms with van der Waals surface area (Å²) in [7, 11) is 0. The number of fused-ring (bicyclic) bond motifs is 1. The molecule has 0 aromatic heterocycles. The molecule has 0 amide bonds. The van der Waals surface area contributed by atoms with E-state index in [4.69, 9.17) is 0 Å². The molecule has 0 saturated heterocycles. The van der Waals surface area contributed by atoms with Gasteiger partial charge in [0.2, 0.25) is 0 Å². The number of ketones is 1. The Labute approximate surface area is 106 Å². The molecule has 94 valence electrons. The largest absolute Gasteiger partial charge is 0.504 e. The molecule has 18 heavy (non-hydrogen) atoms. The normalized spacial score (nSPS) is 11.1. The number of hydrogen-bond acceptors (Lipinski definition) is 3. The van der Waals surface area contributed by atoms with Crippen molar-refractivity contribution in [1.29, 1.82) is 0 Å². The van der Waals surface area contributed by atoms with Crippen LogP contribution in [0, 0.1) is 12.8 Å². The molecule has 0 saturated carbocycles. The van der Waals surface area contributed by atoms with E-state index in [1.165, 1.54) is 0 Å². The number of phenols is 2. The van der Waals surface area contributed by atoms with Crippen LogP contribution in [0.3, 0.4) is 0 Å². The monoisotopic (exact) mass is 244 g/mol. The molecule has 0 aliphatic rings. The molecule has 2 N–H and O–H groups in total. The summed E-state index contributed by atoms with van der Waals surface area (Å²) in [5.74, 6) is -0.953. The summed E-state index contributed by atoms with van der Waals surface area (Å²) in [6.45, 7) is 5.46. The highest BCUT2D eigenvalue weighted by Crippen LogP contribution is 2.38. The summed E-state index contributed by atoms with van der Waals surface area (Å²) < 4.78 is 0. The van der Waals surface area contributed by atoms with Crippen LogP contribution in [0.5, 0.6) is 11.5 Å². The van der Waals surface area contributed by atoms with Crippen molar-refractivity contribution in [2.24, 2.45) is 5.92 Å². The van der Waals surface area contributed by atoms with Gasteiger partial charge >= 0.3 is 0 Å². The number of benzene rings is 2. The molecule has 0 aliphatic carbocycles. The van der Waals surface area contributed by atoms with E-state index in [9.17, 15) is 15.0 Å². The zero-order valence-corrected chi connectivity index (χ0v) is 10.7. The highest BCUT2D eigenvalue weighted by molar-refractivity contribution is 6.06. The standard InChI is InChI=1S/C15H16O3/c1-8(2)13(16)12-7-10-6-9(3)4-5-11(10)14(17)15(12)18/h4-8,17-18H,1-3H3. The maximum absolute atomic E-state index is 12.0. The van der Waals surface area contributed by atoms with Crippen LogP contribution in [0.15, 0.2) is 24.3 Å². The molecule has 2 aromatic rings. The van der Waals surface area contributed by atoms with Gasteiger partial charge < -0.3 is 10.2 Å². The molecule has 0 bridgehead atoms. The van der Waals surface area contributed by atoms with Gasteiger partial charge in [-0.3, -0.25) is 4.79 Å². The topological polar surface area (TPSA) is 57.5 Å². The fourth-order valence-electron chi connectivity index (χ4n) is 2.00. The average Bonchev–Trinajstić information content (AvgIpc) is 2.32. The van der Waals surface area contributed by atoms with E-state index in [-0.39, 0.29) is 28.8 Å². The average molecular weight is 244 g/mol. The Bertz CT molecular complexity index is 627. The Hall–Kier alpha value is -2.03. The minimum atomic E-state index is -0.329. The first-order valence-corrected chi connectivity index (χ1v) is 5.91. The van der Waals surface area contributed by atoms with Gasteiger partial charge in [-0.2, -0.15) is 0 Å². The van der Waals surface area contributed by atoms with Crippen LogP contribution in [0.2, 0.25) is 0 Å². The highest BCUT2D eigenvalue weighted by atomic mass is 16.3. The Balaban J connectivity index is 2.76. The van der Waals surface area contributed by atoms with E-state index in [2.05, 4.69) is 0 Å². The lowest BCUT2D eigenvalue weighted by Crippen LogP contribution is -2.07. The van der Waals surface area contributed by atoms with Crippen LogP contribution in [0.25, 0.3) is 10.8 Å². The quantitative estimate of drug-likeness (QED) is 0.628. The molecule has 0 atom stereocenters. The van der Waals surface area contributed by atoms with Crippen LogP contribution >= 0.6 is 0 Å².